The van der Waals surface area contributed by atoms with Gasteiger partial charge in [0.05, 0.1) is 31.8 Å². The lowest BCUT2D eigenvalue weighted by molar-refractivity contribution is 0.306. The fourth-order valence-electron chi connectivity index (χ4n) is 3.69. The molecule has 0 atom stereocenters. The van der Waals surface area contributed by atoms with Gasteiger partial charge in [-0.2, -0.15) is 4.52 Å². The van der Waals surface area contributed by atoms with Crippen molar-refractivity contribution in [3.05, 3.63) is 53.6 Å². The molecular weight excluding hydrogens is 486 g/mol. The number of hydrogen-bond acceptors (Lipinski definition) is 9. The van der Waals surface area contributed by atoms with Crippen LogP contribution in [0, 0.1) is 13.8 Å². The van der Waals surface area contributed by atoms with E-state index in [9.17, 15) is 8.42 Å². The van der Waals surface area contributed by atoms with Crippen LogP contribution in [-0.2, 0) is 10.0 Å². The second kappa shape index (κ2) is 10.4. The van der Waals surface area contributed by atoms with Crippen molar-refractivity contribution in [2.45, 2.75) is 18.7 Å². The number of aryl methyl sites for hydroxylation is 2. The first kappa shape index (κ1) is 25.2. The molecule has 0 bridgehead atoms. The topological polar surface area (TPSA) is 126 Å². The maximum atomic E-state index is 12.8. The van der Waals surface area contributed by atoms with Gasteiger partial charge in [0, 0.05) is 12.6 Å². The molecule has 0 aliphatic heterocycles. The number of fused-ring (bicyclic) bond motifs is 1. The summed E-state index contributed by atoms with van der Waals surface area (Å²) in [6.07, 6.45) is 0. The maximum absolute atomic E-state index is 12.8. The largest absolute Gasteiger partial charge is 0.497 e. The Morgan fingerprint density at radius 3 is 2.39 bits per heavy atom. The van der Waals surface area contributed by atoms with Crippen molar-refractivity contribution in [1.29, 1.82) is 0 Å². The van der Waals surface area contributed by atoms with Crippen LogP contribution in [0.4, 0.5) is 0 Å². The van der Waals surface area contributed by atoms with Gasteiger partial charge >= 0.3 is 0 Å². The number of benzene rings is 2. The number of nitrogens with one attached hydrogen (secondary N) is 1. The molecular formula is C24H27N5O6S. The molecule has 0 radical (unpaired) electrons. The van der Waals surface area contributed by atoms with Gasteiger partial charge in [0.25, 0.3) is 0 Å². The van der Waals surface area contributed by atoms with E-state index in [4.69, 9.17) is 18.9 Å². The number of hydrogen-bond donors (Lipinski definition) is 1. The Morgan fingerprint density at radius 1 is 0.889 bits per heavy atom. The van der Waals surface area contributed by atoms with Gasteiger partial charge in [0.2, 0.25) is 15.9 Å². The van der Waals surface area contributed by atoms with Crippen molar-refractivity contribution >= 4 is 15.7 Å². The van der Waals surface area contributed by atoms with Crippen LogP contribution >= 0.6 is 0 Å². The third-order valence-electron chi connectivity index (χ3n) is 5.51. The molecule has 4 rings (SSSR count). The summed E-state index contributed by atoms with van der Waals surface area (Å²) in [4.78, 5) is 0.196. The minimum atomic E-state index is -3.73. The average Bonchev–Trinajstić information content (AvgIpc) is 3.30. The van der Waals surface area contributed by atoms with Crippen LogP contribution in [0.2, 0.25) is 0 Å². The molecule has 11 nitrogen and oxygen atoms in total. The van der Waals surface area contributed by atoms with Crippen LogP contribution in [0.5, 0.6) is 23.1 Å². The molecule has 2 heterocycles. The number of rotatable bonds is 10. The Labute approximate surface area is 209 Å². The predicted octanol–water partition coefficient (Wildman–Crippen LogP) is 2.79. The van der Waals surface area contributed by atoms with Crippen LogP contribution in [0.25, 0.3) is 17.0 Å². The molecule has 0 aliphatic carbocycles. The third kappa shape index (κ3) is 5.04. The summed E-state index contributed by atoms with van der Waals surface area (Å²) in [6, 6.07) is 12.0. The molecule has 0 amide bonds. The second-order valence-electron chi connectivity index (χ2n) is 7.86. The zero-order chi connectivity index (χ0) is 25.9. The Morgan fingerprint density at radius 2 is 1.67 bits per heavy atom. The van der Waals surface area contributed by atoms with Gasteiger partial charge < -0.3 is 18.9 Å². The van der Waals surface area contributed by atoms with Crippen LogP contribution in [0.15, 0.2) is 47.4 Å². The highest BCUT2D eigenvalue weighted by Gasteiger charge is 2.19. The van der Waals surface area contributed by atoms with E-state index in [1.54, 1.807) is 77.6 Å². The Balaban J connectivity index is 1.48. The molecule has 1 N–H and O–H groups in total. The summed E-state index contributed by atoms with van der Waals surface area (Å²) in [5.74, 6) is 2.57. The number of nitrogens with zero attached hydrogens (tertiary/aromatic N) is 4. The predicted molar refractivity (Wildman–Crippen MR) is 132 cm³/mol. The van der Waals surface area contributed by atoms with E-state index in [0.29, 0.717) is 39.8 Å². The molecule has 0 unspecified atom stereocenters. The van der Waals surface area contributed by atoms with E-state index in [2.05, 4.69) is 20.0 Å². The lowest BCUT2D eigenvalue weighted by Crippen LogP contribution is -2.29. The van der Waals surface area contributed by atoms with E-state index < -0.39 is 10.0 Å². The standard InChI is InChI=1S/C24H27N5O6S/c1-15-13-21(16(2)12-20(15)34-5)36(30,31)25-10-11-35-23-9-8-22-26-27-24(29(22)28-23)18-14-17(32-3)6-7-19(18)33-4/h6-9,12-14,25H,10-11H2,1-5H3. The van der Waals surface area contributed by atoms with E-state index in [-0.39, 0.29) is 23.9 Å². The summed E-state index contributed by atoms with van der Waals surface area (Å²) in [5, 5.41) is 12.9. The van der Waals surface area contributed by atoms with E-state index in [1.807, 2.05) is 0 Å². The summed E-state index contributed by atoms with van der Waals surface area (Å²) < 4.78 is 51.4. The second-order valence-corrected chi connectivity index (χ2v) is 9.60. The van der Waals surface area contributed by atoms with E-state index >= 15 is 0 Å². The molecule has 36 heavy (non-hydrogen) atoms. The highest BCUT2D eigenvalue weighted by molar-refractivity contribution is 7.89. The van der Waals surface area contributed by atoms with Crippen LogP contribution in [-0.4, -0.2) is 62.7 Å². The van der Waals surface area contributed by atoms with Gasteiger partial charge in [0.1, 0.15) is 23.9 Å². The van der Waals surface area contributed by atoms with Gasteiger partial charge in [-0.1, -0.05) is 0 Å². The fourth-order valence-corrected chi connectivity index (χ4v) is 5.01. The molecule has 0 spiro atoms. The first-order valence-corrected chi connectivity index (χ1v) is 12.5. The molecule has 12 heteroatoms. The highest BCUT2D eigenvalue weighted by Crippen LogP contribution is 2.32. The SMILES string of the molecule is COc1ccc(OC)c(-c2nnc3ccc(OCCNS(=O)(=O)c4cc(C)c(OC)cc4C)nn23)c1. The van der Waals surface area contributed by atoms with Crippen LogP contribution in [0.1, 0.15) is 11.1 Å². The first-order valence-electron chi connectivity index (χ1n) is 11.0. The Kier molecular flexibility index (Phi) is 7.27. The molecule has 2 aromatic carbocycles. The number of aromatic nitrogens is 4. The third-order valence-corrected chi connectivity index (χ3v) is 7.11. The van der Waals surface area contributed by atoms with Gasteiger partial charge in [-0.25, -0.2) is 13.1 Å². The van der Waals surface area contributed by atoms with Crippen molar-refractivity contribution in [2.75, 3.05) is 34.5 Å². The molecule has 0 fully saturated rings. The normalized spacial score (nSPS) is 11.5. The minimum absolute atomic E-state index is 0.0469. The van der Waals surface area contributed by atoms with Gasteiger partial charge in [-0.3, -0.25) is 0 Å². The smallest absolute Gasteiger partial charge is 0.240 e. The van der Waals surface area contributed by atoms with Crippen molar-refractivity contribution in [3.8, 4) is 34.5 Å². The number of ether oxygens (including phenoxy) is 4. The maximum Gasteiger partial charge on any atom is 0.240 e. The van der Waals surface area contributed by atoms with E-state index in [0.717, 1.165) is 5.56 Å². The summed E-state index contributed by atoms with van der Waals surface area (Å²) in [7, 11) is 0.950. The first-order chi connectivity index (χ1) is 17.3. The quantitative estimate of drug-likeness (QED) is 0.319. The highest BCUT2D eigenvalue weighted by atomic mass is 32.2. The number of sulfonamides is 1. The zero-order valence-corrected chi connectivity index (χ0v) is 21.4. The fraction of sp³-hybridized carbons (Fsp3) is 0.292. The monoisotopic (exact) mass is 513 g/mol. The van der Waals surface area contributed by atoms with Crippen molar-refractivity contribution in [3.63, 3.8) is 0 Å². The number of methoxy groups -OCH3 is 3. The van der Waals surface area contributed by atoms with Crippen molar-refractivity contribution in [2.24, 2.45) is 0 Å². The molecule has 0 aliphatic rings. The Hall–Kier alpha value is -3.90. The van der Waals surface area contributed by atoms with Crippen molar-refractivity contribution < 1.29 is 27.4 Å². The molecule has 4 aromatic rings. The molecule has 2 aromatic heterocycles. The van der Waals surface area contributed by atoms with Gasteiger partial charge in [-0.15, -0.1) is 15.3 Å². The van der Waals surface area contributed by atoms with Crippen molar-refractivity contribution in [1.82, 2.24) is 24.5 Å². The van der Waals surface area contributed by atoms with Gasteiger partial charge in [0.15, 0.2) is 11.5 Å². The lowest BCUT2D eigenvalue weighted by Gasteiger charge is -2.13. The summed E-state index contributed by atoms with van der Waals surface area (Å²) >= 11 is 0. The zero-order valence-electron chi connectivity index (χ0n) is 20.6. The van der Waals surface area contributed by atoms with Crippen LogP contribution < -0.4 is 23.7 Å². The Bertz CT molecular complexity index is 1500. The minimum Gasteiger partial charge on any atom is -0.497 e. The van der Waals surface area contributed by atoms with E-state index in [1.165, 1.54) is 4.52 Å². The molecule has 190 valence electrons. The van der Waals surface area contributed by atoms with Crippen LogP contribution in [0.3, 0.4) is 0 Å². The van der Waals surface area contributed by atoms with Gasteiger partial charge in [-0.05, 0) is 61.4 Å². The average molecular weight is 514 g/mol. The summed E-state index contributed by atoms with van der Waals surface area (Å²) in [6.45, 7) is 3.62. The summed E-state index contributed by atoms with van der Waals surface area (Å²) in [5.41, 5.74) is 2.47. The molecule has 0 saturated heterocycles. The molecule has 0 saturated carbocycles. The lowest BCUT2D eigenvalue weighted by atomic mass is 10.1.